The van der Waals surface area contributed by atoms with Crippen molar-refractivity contribution in [2.24, 2.45) is 0 Å². The van der Waals surface area contributed by atoms with E-state index in [9.17, 15) is 0 Å². The Balaban J connectivity index is 2.19. The lowest BCUT2D eigenvalue weighted by atomic mass is 9.99. The van der Waals surface area contributed by atoms with Gasteiger partial charge in [0, 0.05) is 31.6 Å². The summed E-state index contributed by atoms with van der Waals surface area (Å²) in [7, 11) is 0. The average Bonchev–Trinajstić information content (AvgIpc) is 2.31. The van der Waals surface area contributed by atoms with E-state index in [4.69, 9.17) is 16.7 Å². The molecule has 0 aliphatic carbocycles. The van der Waals surface area contributed by atoms with E-state index in [0.717, 1.165) is 25.1 Å². The molecule has 0 spiro atoms. The highest BCUT2D eigenvalue weighted by Crippen LogP contribution is 2.31. The molecule has 0 aromatic carbocycles. The summed E-state index contributed by atoms with van der Waals surface area (Å²) in [6.45, 7) is 1.26. The molecular formula is C12H17ClN2O. The van der Waals surface area contributed by atoms with Gasteiger partial charge in [-0.15, -0.1) is 0 Å². The zero-order valence-corrected chi connectivity index (χ0v) is 10.0. The Morgan fingerprint density at radius 3 is 3.12 bits per heavy atom. The quantitative estimate of drug-likeness (QED) is 0.882. The standard InChI is InChI=1S/C12H17ClN2O/c13-11-9-14-6-4-12(11)15-7-2-1-3-10(15)5-8-16/h4,6,9-10,16H,1-3,5,7-8H2. The fourth-order valence-corrected chi connectivity index (χ4v) is 2.60. The van der Waals surface area contributed by atoms with Crippen molar-refractivity contribution in [2.45, 2.75) is 31.7 Å². The number of hydrogen-bond acceptors (Lipinski definition) is 3. The summed E-state index contributed by atoms with van der Waals surface area (Å²) in [5.74, 6) is 0. The van der Waals surface area contributed by atoms with Crippen molar-refractivity contribution in [1.82, 2.24) is 4.98 Å². The summed E-state index contributed by atoms with van der Waals surface area (Å²) in [5, 5.41) is 9.78. The average molecular weight is 241 g/mol. The van der Waals surface area contributed by atoms with Gasteiger partial charge in [0.15, 0.2) is 0 Å². The number of halogens is 1. The van der Waals surface area contributed by atoms with Crippen molar-refractivity contribution in [2.75, 3.05) is 18.1 Å². The normalized spacial score (nSPS) is 21.1. The van der Waals surface area contributed by atoms with Gasteiger partial charge in [0.05, 0.1) is 10.7 Å². The smallest absolute Gasteiger partial charge is 0.0822 e. The highest BCUT2D eigenvalue weighted by atomic mass is 35.5. The molecule has 4 heteroatoms. The third-order valence-corrected chi connectivity index (χ3v) is 3.44. The third-order valence-electron chi connectivity index (χ3n) is 3.15. The minimum atomic E-state index is 0.240. The number of aromatic nitrogens is 1. The van der Waals surface area contributed by atoms with Crippen LogP contribution in [0.1, 0.15) is 25.7 Å². The van der Waals surface area contributed by atoms with Gasteiger partial charge in [-0.05, 0) is 31.7 Å². The maximum Gasteiger partial charge on any atom is 0.0822 e. The van der Waals surface area contributed by atoms with Gasteiger partial charge < -0.3 is 10.0 Å². The van der Waals surface area contributed by atoms with Crippen LogP contribution < -0.4 is 4.90 Å². The van der Waals surface area contributed by atoms with Gasteiger partial charge in [0.1, 0.15) is 0 Å². The first-order valence-corrected chi connectivity index (χ1v) is 6.17. The first kappa shape index (κ1) is 11.7. The summed E-state index contributed by atoms with van der Waals surface area (Å²) in [6.07, 6.45) is 7.84. The van der Waals surface area contributed by atoms with Crippen molar-refractivity contribution in [3.05, 3.63) is 23.5 Å². The lowest BCUT2D eigenvalue weighted by Gasteiger charge is -2.37. The van der Waals surface area contributed by atoms with Crippen LogP contribution in [0.25, 0.3) is 0 Å². The van der Waals surface area contributed by atoms with E-state index in [-0.39, 0.29) is 6.61 Å². The van der Waals surface area contributed by atoms with Crippen LogP contribution in [-0.4, -0.2) is 29.3 Å². The summed E-state index contributed by atoms with van der Waals surface area (Å²) < 4.78 is 0. The van der Waals surface area contributed by atoms with Crippen LogP contribution in [0.5, 0.6) is 0 Å². The van der Waals surface area contributed by atoms with Crippen LogP contribution in [-0.2, 0) is 0 Å². The highest BCUT2D eigenvalue weighted by molar-refractivity contribution is 6.33. The van der Waals surface area contributed by atoms with Crippen LogP contribution in [0.4, 0.5) is 5.69 Å². The van der Waals surface area contributed by atoms with Crippen LogP contribution in [0, 0.1) is 0 Å². The van der Waals surface area contributed by atoms with Crippen molar-refractivity contribution in [3.8, 4) is 0 Å². The number of nitrogens with zero attached hydrogens (tertiary/aromatic N) is 2. The Morgan fingerprint density at radius 2 is 2.38 bits per heavy atom. The van der Waals surface area contributed by atoms with Crippen LogP contribution >= 0.6 is 11.6 Å². The first-order chi connectivity index (χ1) is 7.83. The van der Waals surface area contributed by atoms with Crippen molar-refractivity contribution in [1.29, 1.82) is 0 Å². The molecule has 1 atom stereocenters. The van der Waals surface area contributed by atoms with Gasteiger partial charge in [-0.1, -0.05) is 11.6 Å². The second kappa shape index (κ2) is 5.51. The Kier molecular flexibility index (Phi) is 4.02. The SMILES string of the molecule is OCCC1CCCCN1c1ccncc1Cl. The van der Waals surface area contributed by atoms with E-state index in [2.05, 4.69) is 9.88 Å². The first-order valence-electron chi connectivity index (χ1n) is 5.80. The fourth-order valence-electron chi connectivity index (χ4n) is 2.37. The second-order valence-corrected chi connectivity index (χ2v) is 4.59. The maximum absolute atomic E-state index is 9.08. The molecule has 16 heavy (non-hydrogen) atoms. The molecule has 1 saturated heterocycles. The predicted octanol–water partition coefficient (Wildman–Crippen LogP) is 2.48. The van der Waals surface area contributed by atoms with Crippen LogP contribution in [0.2, 0.25) is 5.02 Å². The van der Waals surface area contributed by atoms with E-state index in [1.807, 2.05) is 6.07 Å². The molecule has 1 N–H and O–H groups in total. The molecule has 1 aromatic heterocycles. The summed E-state index contributed by atoms with van der Waals surface area (Å²) in [6, 6.07) is 2.37. The van der Waals surface area contributed by atoms with Gasteiger partial charge >= 0.3 is 0 Å². The number of aliphatic hydroxyl groups excluding tert-OH is 1. The molecule has 0 amide bonds. The molecule has 1 aromatic rings. The van der Waals surface area contributed by atoms with Crippen molar-refractivity contribution < 1.29 is 5.11 Å². The number of rotatable bonds is 3. The number of aliphatic hydroxyl groups is 1. The Labute approximate surface area is 101 Å². The monoisotopic (exact) mass is 240 g/mol. The van der Waals surface area contributed by atoms with E-state index >= 15 is 0 Å². The number of pyridine rings is 1. The zero-order valence-electron chi connectivity index (χ0n) is 9.27. The van der Waals surface area contributed by atoms with Gasteiger partial charge in [0.25, 0.3) is 0 Å². The number of piperidine rings is 1. The lowest BCUT2D eigenvalue weighted by molar-refractivity contribution is 0.262. The molecule has 2 heterocycles. The molecule has 0 radical (unpaired) electrons. The molecule has 1 unspecified atom stereocenters. The van der Waals surface area contributed by atoms with Gasteiger partial charge in [-0.2, -0.15) is 0 Å². The van der Waals surface area contributed by atoms with Crippen LogP contribution in [0.15, 0.2) is 18.5 Å². The molecule has 0 bridgehead atoms. The minimum Gasteiger partial charge on any atom is -0.396 e. The Morgan fingerprint density at radius 1 is 1.50 bits per heavy atom. The number of anilines is 1. The predicted molar refractivity (Wildman–Crippen MR) is 65.9 cm³/mol. The Hall–Kier alpha value is -0.800. The molecule has 0 saturated carbocycles. The molecule has 2 rings (SSSR count). The van der Waals surface area contributed by atoms with E-state index in [0.29, 0.717) is 11.1 Å². The van der Waals surface area contributed by atoms with E-state index in [1.165, 1.54) is 12.8 Å². The second-order valence-electron chi connectivity index (χ2n) is 4.18. The minimum absolute atomic E-state index is 0.240. The molecule has 3 nitrogen and oxygen atoms in total. The summed E-state index contributed by atoms with van der Waals surface area (Å²) in [5.41, 5.74) is 1.05. The molecule has 1 aliphatic rings. The number of hydrogen-bond donors (Lipinski definition) is 1. The van der Waals surface area contributed by atoms with E-state index < -0.39 is 0 Å². The van der Waals surface area contributed by atoms with Crippen LogP contribution in [0.3, 0.4) is 0 Å². The fraction of sp³-hybridized carbons (Fsp3) is 0.583. The molecule has 1 fully saturated rings. The van der Waals surface area contributed by atoms with Crippen molar-refractivity contribution in [3.63, 3.8) is 0 Å². The molecule has 1 aliphatic heterocycles. The lowest BCUT2D eigenvalue weighted by Crippen LogP contribution is -2.40. The highest BCUT2D eigenvalue weighted by Gasteiger charge is 2.23. The van der Waals surface area contributed by atoms with Gasteiger partial charge in [0.2, 0.25) is 0 Å². The van der Waals surface area contributed by atoms with E-state index in [1.54, 1.807) is 12.4 Å². The third kappa shape index (κ3) is 2.47. The molecule has 88 valence electrons. The molecular weight excluding hydrogens is 224 g/mol. The summed E-state index contributed by atoms with van der Waals surface area (Å²) >= 11 is 6.16. The topological polar surface area (TPSA) is 36.4 Å². The summed E-state index contributed by atoms with van der Waals surface area (Å²) in [4.78, 5) is 6.31. The largest absolute Gasteiger partial charge is 0.396 e. The Bertz CT molecular complexity index is 344. The van der Waals surface area contributed by atoms with Gasteiger partial charge in [-0.3, -0.25) is 4.98 Å². The van der Waals surface area contributed by atoms with Crippen molar-refractivity contribution >= 4 is 17.3 Å². The zero-order chi connectivity index (χ0) is 11.4. The maximum atomic E-state index is 9.08. The van der Waals surface area contributed by atoms with Gasteiger partial charge in [-0.25, -0.2) is 0 Å².